The number of para-hydroxylation sites is 1. The molecule has 1 aliphatic rings. The summed E-state index contributed by atoms with van der Waals surface area (Å²) in [6, 6.07) is 14.0. The molecule has 2 amide bonds. The SMILES string of the molecule is COc1ccc(Cl)cc1NC(=O)CN1CCN(C(=O)Oc2ccccc2)CC1. The van der Waals surface area contributed by atoms with E-state index in [9.17, 15) is 9.59 Å². The number of methoxy groups -OCH3 is 1. The number of hydrogen-bond acceptors (Lipinski definition) is 5. The number of hydrogen-bond donors (Lipinski definition) is 1. The fraction of sp³-hybridized carbons (Fsp3) is 0.300. The van der Waals surface area contributed by atoms with Gasteiger partial charge in [-0.3, -0.25) is 9.69 Å². The Labute approximate surface area is 168 Å². The van der Waals surface area contributed by atoms with Crippen molar-refractivity contribution in [1.82, 2.24) is 9.80 Å². The van der Waals surface area contributed by atoms with Crippen LogP contribution in [0.15, 0.2) is 48.5 Å². The molecule has 1 aliphatic heterocycles. The van der Waals surface area contributed by atoms with E-state index in [1.807, 2.05) is 23.1 Å². The number of piperazine rings is 1. The Bertz CT molecular complexity index is 823. The van der Waals surface area contributed by atoms with E-state index in [-0.39, 0.29) is 18.5 Å². The van der Waals surface area contributed by atoms with E-state index in [0.717, 1.165) is 0 Å². The van der Waals surface area contributed by atoms with E-state index in [0.29, 0.717) is 48.4 Å². The third-order valence-corrected chi connectivity index (χ3v) is 4.62. The molecule has 28 heavy (non-hydrogen) atoms. The summed E-state index contributed by atoms with van der Waals surface area (Å²) in [6.07, 6.45) is -0.376. The van der Waals surface area contributed by atoms with Crippen molar-refractivity contribution < 1.29 is 19.1 Å². The normalized spacial score (nSPS) is 14.4. The van der Waals surface area contributed by atoms with Crippen LogP contribution in [0.25, 0.3) is 0 Å². The van der Waals surface area contributed by atoms with E-state index in [1.54, 1.807) is 35.2 Å². The molecular weight excluding hydrogens is 382 g/mol. The van der Waals surface area contributed by atoms with Gasteiger partial charge in [0.05, 0.1) is 19.3 Å². The van der Waals surface area contributed by atoms with Gasteiger partial charge in [0, 0.05) is 31.2 Å². The van der Waals surface area contributed by atoms with Crippen LogP contribution in [0.3, 0.4) is 0 Å². The zero-order valence-corrected chi connectivity index (χ0v) is 16.3. The van der Waals surface area contributed by atoms with E-state index in [4.69, 9.17) is 21.1 Å². The Morgan fingerprint density at radius 2 is 1.79 bits per heavy atom. The topological polar surface area (TPSA) is 71.1 Å². The Morgan fingerprint density at radius 3 is 2.46 bits per heavy atom. The molecule has 8 heteroatoms. The minimum atomic E-state index is -0.376. The van der Waals surface area contributed by atoms with E-state index in [2.05, 4.69) is 5.32 Å². The first-order chi connectivity index (χ1) is 13.5. The molecule has 0 aromatic heterocycles. The summed E-state index contributed by atoms with van der Waals surface area (Å²) in [5, 5.41) is 3.34. The van der Waals surface area contributed by atoms with E-state index < -0.39 is 0 Å². The maximum absolute atomic E-state index is 12.4. The van der Waals surface area contributed by atoms with Gasteiger partial charge in [0.2, 0.25) is 5.91 Å². The molecule has 0 unspecified atom stereocenters. The van der Waals surface area contributed by atoms with Crippen LogP contribution in [0.2, 0.25) is 5.02 Å². The number of halogens is 1. The maximum Gasteiger partial charge on any atom is 0.415 e. The predicted molar refractivity (Wildman–Crippen MR) is 107 cm³/mol. The second-order valence-electron chi connectivity index (χ2n) is 6.34. The van der Waals surface area contributed by atoms with Gasteiger partial charge < -0.3 is 19.7 Å². The van der Waals surface area contributed by atoms with Crippen molar-refractivity contribution in [2.75, 3.05) is 45.2 Å². The summed E-state index contributed by atoms with van der Waals surface area (Å²) in [5.74, 6) is 0.900. The number of amides is 2. The number of nitrogens with one attached hydrogen (secondary N) is 1. The van der Waals surface area contributed by atoms with Crippen molar-refractivity contribution in [3.8, 4) is 11.5 Å². The summed E-state index contributed by atoms with van der Waals surface area (Å²) < 4.78 is 10.6. The minimum absolute atomic E-state index is 0.166. The molecule has 0 atom stereocenters. The van der Waals surface area contributed by atoms with E-state index >= 15 is 0 Å². The molecular formula is C20H22ClN3O4. The fourth-order valence-electron chi connectivity index (χ4n) is 2.91. The third kappa shape index (κ3) is 5.37. The predicted octanol–water partition coefficient (Wildman–Crippen LogP) is 3.10. The number of benzene rings is 2. The highest BCUT2D eigenvalue weighted by Gasteiger charge is 2.24. The van der Waals surface area contributed by atoms with Gasteiger partial charge in [-0.25, -0.2) is 4.79 Å². The smallest absolute Gasteiger partial charge is 0.415 e. The first-order valence-corrected chi connectivity index (χ1v) is 9.30. The minimum Gasteiger partial charge on any atom is -0.495 e. The Hall–Kier alpha value is -2.77. The summed E-state index contributed by atoms with van der Waals surface area (Å²) in [7, 11) is 1.53. The number of carbonyl (C=O) groups is 2. The summed E-state index contributed by atoms with van der Waals surface area (Å²) >= 11 is 5.99. The second-order valence-corrected chi connectivity index (χ2v) is 6.77. The lowest BCUT2D eigenvalue weighted by Crippen LogP contribution is -2.51. The molecule has 0 spiro atoms. The number of ether oxygens (including phenoxy) is 2. The Morgan fingerprint density at radius 1 is 1.07 bits per heavy atom. The zero-order chi connectivity index (χ0) is 19.9. The molecule has 1 saturated heterocycles. The molecule has 2 aromatic carbocycles. The first kappa shape index (κ1) is 20.0. The number of carbonyl (C=O) groups excluding carboxylic acids is 2. The van der Waals surface area contributed by atoms with Gasteiger partial charge in [-0.2, -0.15) is 0 Å². The average Bonchev–Trinajstić information content (AvgIpc) is 2.69. The zero-order valence-electron chi connectivity index (χ0n) is 15.6. The quantitative estimate of drug-likeness (QED) is 0.830. The number of rotatable bonds is 5. The lowest BCUT2D eigenvalue weighted by Gasteiger charge is -2.33. The molecule has 7 nitrogen and oxygen atoms in total. The first-order valence-electron chi connectivity index (χ1n) is 8.92. The Kier molecular flexibility index (Phi) is 6.73. The second kappa shape index (κ2) is 9.43. The van der Waals surface area contributed by atoms with Crippen molar-refractivity contribution >= 4 is 29.3 Å². The molecule has 2 aromatic rings. The maximum atomic E-state index is 12.4. The highest BCUT2D eigenvalue weighted by Crippen LogP contribution is 2.27. The van der Waals surface area contributed by atoms with Crippen LogP contribution in [-0.4, -0.2) is 61.6 Å². The van der Waals surface area contributed by atoms with Crippen molar-refractivity contribution in [3.05, 3.63) is 53.6 Å². The highest BCUT2D eigenvalue weighted by molar-refractivity contribution is 6.31. The lowest BCUT2D eigenvalue weighted by molar-refractivity contribution is -0.117. The van der Waals surface area contributed by atoms with Gasteiger partial charge in [-0.05, 0) is 30.3 Å². The molecule has 0 aliphatic carbocycles. The van der Waals surface area contributed by atoms with Gasteiger partial charge in [0.15, 0.2) is 0 Å². The van der Waals surface area contributed by atoms with Crippen molar-refractivity contribution in [2.45, 2.75) is 0 Å². The molecule has 1 heterocycles. The standard InChI is InChI=1S/C20H22ClN3O4/c1-27-18-8-7-15(21)13-17(18)22-19(25)14-23-9-11-24(12-10-23)20(26)28-16-5-3-2-4-6-16/h2-8,13H,9-12,14H2,1H3,(H,22,25). The van der Waals surface area contributed by atoms with Gasteiger partial charge in [0.1, 0.15) is 11.5 Å². The lowest BCUT2D eigenvalue weighted by atomic mass is 10.2. The molecule has 3 rings (SSSR count). The largest absolute Gasteiger partial charge is 0.495 e. The number of nitrogens with zero attached hydrogens (tertiary/aromatic N) is 2. The van der Waals surface area contributed by atoms with Crippen LogP contribution in [0.5, 0.6) is 11.5 Å². The number of anilines is 1. The van der Waals surface area contributed by atoms with Gasteiger partial charge in [-0.15, -0.1) is 0 Å². The molecule has 1 N–H and O–H groups in total. The molecule has 148 valence electrons. The van der Waals surface area contributed by atoms with Crippen LogP contribution < -0.4 is 14.8 Å². The van der Waals surface area contributed by atoms with Gasteiger partial charge >= 0.3 is 6.09 Å². The molecule has 0 bridgehead atoms. The summed E-state index contributed by atoms with van der Waals surface area (Å²) in [4.78, 5) is 28.2. The molecule has 0 saturated carbocycles. The highest BCUT2D eigenvalue weighted by atomic mass is 35.5. The van der Waals surface area contributed by atoms with Crippen LogP contribution in [0.1, 0.15) is 0 Å². The average molecular weight is 404 g/mol. The van der Waals surface area contributed by atoms with Crippen LogP contribution >= 0.6 is 11.6 Å². The van der Waals surface area contributed by atoms with Gasteiger partial charge in [0.25, 0.3) is 0 Å². The summed E-state index contributed by atoms with van der Waals surface area (Å²) in [5.41, 5.74) is 0.532. The van der Waals surface area contributed by atoms with Crippen LogP contribution in [0.4, 0.5) is 10.5 Å². The molecule has 0 radical (unpaired) electrons. The fourth-order valence-corrected chi connectivity index (χ4v) is 3.09. The van der Waals surface area contributed by atoms with Crippen molar-refractivity contribution in [1.29, 1.82) is 0 Å². The third-order valence-electron chi connectivity index (χ3n) is 4.38. The molecule has 1 fully saturated rings. The van der Waals surface area contributed by atoms with Gasteiger partial charge in [-0.1, -0.05) is 29.8 Å². The van der Waals surface area contributed by atoms with Crippen molar-refractivity contribution in [2.24, 2.45) is 0 Å². The van der Waals surface area contributed by atoms with Crippen molar-refractivity contribution in [3.63, 3.8) is 0 Å². The monoisotopic (exact) mass is 403 g/mol. The summed E-state index contributed by atoms with van der Waals surface area (Å²) in [6.45, 7) is 2.39. The Balaban J connectivity index is 1.47. The van der Waals surface area contributed by atoms with Crippen LogP contribution in [0, 0.1) is 0 Å². The van der Waals surface area contributed by atoms with E-state index in [1.165, 1.54) is 7.11 Å². The van der Waals surface area contributed by atoms with Crippen LogP contribution in [-0.2, 0) is 4.79 Å².